The third-order valence-electron chi connectivity index (χ3n) is 3.07. The molecule has 2 aromatic rings. The Morgan fingerprint density at radius 1 is 1.33 bits per heavy atom. The molecule has 0 amide bonds. The lowest BCUT2D eigenvalue weighted by Crippen LogP contribution is -2.04. The van der Waals surface area contributed by atoms with Crippen LogP contribution in [0.25, 0.3) is 0 Å². The molecule has 6 nitrogen and oxygen atoms in total. The van der Waals surface area contributed by atoms with Crippen molar-refractivity contribution in [2.75, 3.05) is 5.32 Å². The van der Waals surface area contributed by atoms with Crippen molar-refractivity contribution in [1.29, 1.82) is 5.26 Å². The van der Waals surface area contributed by atoms with E-state index in [0.29, 0.717) is 17.8 Å². The number of aryl methyl sites for hydroxylation is 2. The number of rotatable bonds is 4. The molecule has 1 N–H and O–H groups in total. The second-order valence-electron chi connectivity index (χ2n) is 4.66. The van der Waals surface area contributed by atoms with Crippen molar-refractivity contribution < 1.29 is 4.92 Å². The van der Waals surface area contributed by atoms with Gasteiger partial charge in [0.2, 0.25) is 0 Å². The summed E-state index contributed by atoms with van der Waals surface area (Å²) in [5.74, 6) is 0. The van der Waals surface area contributed by atoms with Crippen LogP contribution in [0.3, 0.4) is 0 Å². The van der Waals surface area contributed by atoms with E-state index in [1.54, 1.807) is 19.1 Å². The van der Waals surface area contributed by atoms with Gasteiger partial charge in [0.15, 0.2) is 0 Å². The van der Waals surface area contributed by atoms with Gasteiger partial charge in [-0.2, -0.15) is 5.26 Å². The van der Waals surface area contributed by atoms with Gasteiger partial charge in [-0.1, -0.05) is 12.1 Å². The normalized spacial score (nSPS) is 9.95. The molecule has 21 heavy (non-hydrogen) atoms. The number of nitrogens with one attached hydrogen (secondary N) is 1. The molecule has 0 saturated heterocycles. The highest BCUT2D eigenvalue weighted by Gasteiger charge is 2.08. The lowest BCUT2D eigenvalue weighted by molar-refractivity contribution is -0.384. The average Bonchev–Trinajstić information content (AvgIpc) is 2.45. The third kappa shape index (κ3) is 3.34. The lowest BCUT2D eigenvalue weighted by Gasteiger charge is -2.10. The monoisotopic (exact) mass is 282 g/mol. The summed E-state index contributed by atoms with van der Waals surface area (Å²) in [6.45, 7) is 4.14. The summed E-state index contributed by atoms with van der Waals surface area (Å²) in [5, 5.41) is 23.0. The largest absolute Gasteiger partial charge is 0.380 e. The Bertz CT molecular complexity index is 718. The minimum Gasteiger partial charge on any atom is -0.380 e. The molecule has 0 saturated carbocycles. The maximum atomic E-state index is 10.6. The fourth-order valence-corrected chi connectivity index (χ4v) is 2.04. The van der Waals surface area contributed by atoms with Gasteiger partial charge in [0.25, 0.3) is 5.69 Å². The average molecular weight is 282 g/mol. The van der Waals surface area contributed by atoms with Crippen molar-refractivity contribution in [1.82, 2.24) is 4.98 Å². The summed E-state index contributed by atoms with van der Waals surface area (Å²) >= 11 is 0. The molecule has 0 fully saturated rings. The molecule has 2 rings (SSSR count). The van der Waals surface area contributed by atoms with Gasteiger partial charge in [0.1, 0.15) is 6.07 Å². The molecule has 0 bridgehead atoms. The molecule has 0 aliphatic heterocycles. The van der Waals surface area contributed by atoms with E-state index in [1.807, 2.05) is 13.0 Å². The van der Waals surface area contributed by atoms with Gasteiger partial charge < -0.3 is 5.32 Å². The van der Waals surface area contributed by atoms with Crippen molar-refractivity contribution in [2.24, 2.45) is 0 Å². The number of anilines is 1. The minimum atomic E-state index is -0.430. The maximum absolute atomic E-state index is 10.6. The molecule has 1 heterocycles. The predicted octanol–water partition coefficient (Wildman–Crippen LogP) is 3.09. The van der Waals surface area contributed by atoms with Crippen molar-refractivity contribution in [3.8, 4) is 6.07 Å². The minimum absolute atomic E-state index is 0.0621. The number of benzene rings is 1. The van der Waals surface area contributed by atoms with Crippen LogP contribution < -0.4 is 5.32 Å². The van der Waals surface area contributed by atoms with Crippen LogP contribution in [0.5, 0.6) is 0 Å². The standard InChI is InChI=1S/C15H14N4O2/c1-10-7-15(14(8-16)11(2)18-10)17-9-12-3-5-13(6-4-12)19(20)21/h3-7H,9H2,1-2H3,(H,17,18). The first-order valence-electron chi connectivity index (χ1n) is 6.37. The Balaban J connectivity index is 2.17. The summed E-state index contributed by atoms with van der Waals surface area (Å²) in [4.78, 5) is 14.4. The van der Waals surface area contributed by atoms with Crippen molar-refractivity contribution in [2.45, 2.75) is 20.4 Å². The van der Waals surface area contributed by atoms with Crippen LogP contribution in [0.15, 0.2) is 30.3 Å². The van der Waals surface area contributed by atoms with Crippen molar-refractivity contribution in [3.63, 3.8) is 0 Å². The van der Waals surface area contributed by atoms with Gasteiger partial charge in [-0.05, 0) is 25.5 Å². The summed E-state index contributed by atoms with van der Waals surface area (Å²) in [7, 11) is 0. The Morgan fingerprint density at radius 3 is 2.57 bits per heavy atom. The number of nitro groups is 1. The van der Waals surface area contributed by atoms with E-state index in [0.717, 1.165) is 16.9 Å². The van der Waals surface area contributed by atoms with E-state index in [-0.39, 0.29) is 5.69 Å². The second-order valence-corrected chi connectivity index (χ2v) is 4.66. The first-order chi connectivity index (χ1) is 10.0. The summed E-state index contributed by atoms with van der Waals surface area (Å²) in [5.41, 5.74) is 3.72. The fourth-order valence-electron chi connectivity index (χ4n) is 2.04. The molecule has 0 radical (unpaired) electrons. The van der Waals surface area contributed by atoms with Crippen LogP contribution >= 0.6 is 0 Å². The summed E-state index contributed by atoms with van der Waals surface area (Å²) in [6, 6.07) is 10.3. The van der Waals surface area contributed by atoms with Crippen LogP contribution in [0, 0.1) is 35.3 Å². The van der Waals surface area contributed by atoms with E-state index in [9.17, 15) is 15.4 Å². The van der Waals surface area contributed by atoms with Crippen LogP contribution in [-0.2, 0) is 6.54 Å². The van der Waals surface area contributed by atoms with E-state index >= 15 is 0 Å². The molecule has 0 atom stereocenters. The maximum Gasteiger partial charge on any atom is 0.269 e. The number of nitrogens with zero attached hydrogens (tertiary/aromatic N) is 3. The number of aromatic nitrogens is 1. The van der Waals surface area contributed by atoms with Gasteiger partial charge >= 0.3 is 0 Å². The molecule has 0 aliphatic carbocycles. The Hall–Kier alpha value is -2.94. The molecule has 0 aliphatic rings. The lowest BCUT2D eigenvalue weighted by atomic mass is 10.1. The number of pyridine rings is 1. The third-order valence-corrected chi connectivity index (χ3v) is 3.07. The zero-order chi connectivity index (χ0) is 15.4. The quantitative estimate of drug-likeness (QED) is 0.687. The number of hydrogen-bond donors (Lipinski definition) is 1. The second kappa shape index (κ2) is 6.01. The van der Waals surface area contributed by atoms with Gasteiger partial charge in [-0.3, -0.25) is 15.1 Å². The molecular formula is C15H14N4O2. The van der Waals surface area contributed by atoms with Gasteiger partial charge in [0.05, 0.1) is 21.9 Å². The number of nitriles is 1. The molecule has 0 spiro atoms. The molecular weight excluding hydrogens is 268 g/mol. The molecule has 1 aromatic carbocycles. The number of nitro benzene ring substituents is 1. The van der Waals surface area contributed by atoms with Gasteiger partial charge in [-0.25, -0.2) is 0 Å². The molecule has 6 heteroatoms. The van der Waals surface area contributed by atoms with Crippen LogP contribution in [0.4, 0.5) is 11.4 Å². The highest BCUT2D eigenvalue weighted by molar-refractivity contribution is 5.60. The first kappa shape index (κ1) is 14.5. The zero-order valence-corrected chi connectivity index (χ0v) is 11.8. The number of hydrogen-bond acceptors (Lipinski definition) is 5. The smallest absolute Gasteiger partial charge is 0.269 e. The zero-order valence-electron chi connectivity index (χ0n) is 11.8. The van der Waals surface area contributed by atoms with E-state index in [4.69, 9.17) is 0 Å². The Morgan fingerprint density at radius 2 is 2.00 bits per heavy atom. The fraction of sp³-hybridized carbons (Fsp3) is 0.200. The Kier molecular flexibility index (Phi) is 4.14. The highest BCUT2D eigenvalue weighted by Crippen LogP contribution is 2.20. The topological polar surface area (TPSA) is 91.9 Å². The molecule has 0 unspecified atom stereocenters. The van der Waals surface area contributed by atoms with Gasteiger partial charge in [0, 0.05) is 24.4 Å². The van der Waals surface area contributed by atoms with E-state index in [1.165, 1.54) is 12.1 Å². The summed E-state index contributed by atoms with van der Waals surface area (Å²) < 4.78 is 0. The summed E-state index contributed by atoms with van der Waals surface area (Å²) in [6.07, 6.45) is 0. The molecule has 106 valence electrons. The SMILES string of the molecule is Cc1cc(NCc2ccc([N+](=O)[O-])cc2)c(C#N)c(C)n1. The van der Waals surface area contributed by atoms with Crippen LogP contribution in [0.2, 0.25) is 0 Å². The highest BCUT2D eigenvalue weighted by atomic mass is 16.6. The number of non-ortho nitro benzene ring substituents is 1. The van der Waals surface area contributed by atoms with Crippen molar-refractivity contribution >= 4 is 11.4 Å². The Labute approximate surface area is 122 Å². The van der Waals surface area contributed by atoms with Crippen LogP contribution in [0.1, 0.15) is 22.5 Å². The van der Waals surface area contributed by atoms with Gasteiger partial charge in [-0.15, -0.1) is 0 Å². The van der Waals surface area contributed by atoms with E-state index < -0.39 is 4.92 Å². The van der Waals surface area contributed by atoms with Crippen molar-refractivity contribution in [3.05, 3.63) is 63.0 Å². The van der Waals surface area contributed by atoms with E-state index in [2.05, 4.69) is 16.4 Å². The predicted molar refractivity (Wildman–Crippen MR) is 78.8 cm³/mol. The van der Waals surface area contributed by atoms with Crippen LogP contribution in [-0.4, -0.2) is 9.91 Å². The first-order valence-corrected chi connectivity index (χ1v) is 6.37. The molecule has 1 aromatic heterocycles.